The van der Waals surface area contributed by atoms with Crippen molar-refractivity contribution >= 4 is 11.6 Å². The molecule has 0 saturated heterocycles. The molecule has 0 atom stereocenters. The minimum atomic E-state index is -0.455. The average molecular weight is 328 g/mol. The second-order valence-corrected chi connectivity index (χ2v) is 6.10. The van der Waals surface area contributed by atoms with E-state index in [0.29, 0.717) is 11.3 Å². The van der Waals surface area contributed by atoms with Crippen molar-refractivity contribution in [1.82, 2.24) is 5.32 Å². The number of amides is 1. The summed E-state index contributed by atoms with van der Waals surface area (Å²) >= 11 is 0. The lowest BCUT2D eigenvalue weighted by atomic mass is 10.1. The first-order valence-corrected chi connectivity index (χ1v) is 8.29. The van der Waals surface area contributed by atoms with Crippen LogP contribution in [0.1, 0.15) is 49.1 Å². The Balaban J connectivity index is 1.75. The first kappa shape index (κ1) is 16.2. The van der Waals surface area contributed by atoms with Gasteiger partial charge >= 0.3 is 0 Å². The van der Waals surface area contributed by atoms with Gasteiger partial charge in [-0.25, -0.2) is 0 Å². The minimum absolute atomic E-state index is 0.0393. The van der Waals surface area contributed by atoms with E-state index in [1.54, 1.807) is 30.3 Å². The molecule has 6 nitrogen and oxygen atoms in total. The molecule has 6 heteroatoms. The molecule has 1 saturated carbocycles. The Morgan fingerprint density at radius 2 is 1.79 bits per heavy atom. The number of hydrogen-bond acceptors (Lipinski definition) is 4. The van der Waals surface area contributed by atoms with E-state index in [-0.39, 0.29) is 23.4 Å². The highest BCUT2D eigenvalue weighted by atomic mass is 16.6. The third-order valence-corrected chi connectivity index (χ3v) is 4.39. The fourth-order valence-corrected chi connectivity index (χ4v) is 3.13. The van der Waals surface area contributed by atoms with Crippen LogP contribution in [0.5, 0.6) is 0 Å². The predicted octanol–water partition coefficient (Wildman–Crippen LogP) is 4.31. The minimum Gasteiger partial charge on any atom is -0.451 e. The van der Waals surface area contributed by atoms with Crippen molar-refractivity contribution in [2.24, 2.45) is 0 Å². The molecule has 1 aromatic heterocycles. The van der Waals surface area contributed by atoms with E-state index < -0.39 is 4.92 Å². The summed E-state index contributed by atoms with van der Waals surface area (Å²) in [6.07, 6.45) is 6.67. The number of rotatable bonds is 4. The van der Waals surface area contributed by atoms with Crippen LogP contribution < -0.4 is 5.32 Å². The maximum atomic E-state index is 12.3. The zero-order valence-electron chi connectivity index (χ0n) is 13.4. The van der Waals surface area contributed by atoms with Gasteiger partial charge in [0.15, 0.2) is 5.76 Å². The van der Waals surface area contributed by atoms with Crippen LogP contribution in [0.4, 0.5) is 5.69 Å². The summed E-state index contributed by atoms with van der Waals surface area (Å²) in [7, 11) is 0. The van der Waals surface area contributed by atoms with Gasteiger partial charge in [0.25, 0.3) is 11.6 Å². The Bertz CT molecular complexity index is 730. The van der Waals surface area contributed by atoms with Crippen LogP contribution in [0, 0.1) is 10.1 Å². The van der Waals surface area contributed by atoms with Gasteiger partial charge in [-0.15, -0.1) is 0 Å². The maximum absolute atomic E-state index is 12.3. The molecule has 1 fully saturated rings. The summed E-state index contributed by atoms with van der Waals surface area (Å²) in [5.74, 6) is 0.257. The summed E-state index contributed by atoms with van der Waals surface area (Å²) < 4.78 is 5.58. The number of nitro groups is 1. The van der Waals surface area contributed by atoms with Crippen LogP contribution in [0.25, 0.3) is 11.3 Å². The van der Waals surface area contributed by atoms with Crippen molar-refractivity contribution in [2.75, 3.05) is 0 Å². The molecule has 1 N–H and O–H groups in total. The highest BCUT2D eigenvalue weighted by Crippen LogP contribution is 2.31. The third kappa shape index (κ3) is 3.64. The highest BCUT2D eigenvalue weighted by Gasteiger charge is 2.21. The fourth-order valence-electron chi connectivity index (χ4n) is 3.13. The normalized spacial score (nSPS) is 15.7. The lowest BCUT2D eigenvalue weighted by molar-refractivity contribution is -0.384. The summed E-state index contributed by atoms with van der Waals surface area (Å²) in [4.78, 5) is 23.0. The Hall–Kier alpha value is -2.63. The number of nitrogens with one attached hydrogen (secondary N) is 1. The first-order chi connectivity index (χ1) is 11.6. The van der Waals surface area contributed by atoms with E-state index in [9.17, 15) is 14.9 Å². The maximum Gasteiger partial charge on any atom is 0.287 e. The standard InChI is InChI=1S/C18H20N2O4/c21-18(19-13-7-3-1-2-4-8-13)17-12-11-16(24-17)14-9-5-6-10-15(14)20(22)23/h5-6,9-13H,1-4,7-8H2,(H,19,21). The molecule has 2 aromatic rings. The average Bonchev–Trinajstić information content (AvgIpc) is 2.94. The molecule has 0 aliphatic heterocycles. The van der Waals surface area contributed by atoms with Crippen LogP contribution in [0.2, 0.25) is 0 Å². The molecule has 0 radical (unpaired) electrons. The number of furan rings is 1. The molecule has 1 amide bonds. The van der Waals surface area contributed by atoms with Crippen molar-refractivity contribution in [3.8, 4) is 11.3 Å². The lowest BCUT2D eigenvalue weighted by Crippen LogP contribution is -2.34. The number of nitrogens with zero attached hydrogens (tertiary/aromatic N) is 1. The Labute approximate surface area is 140 Å². The molecule has 1 aromatic carbocycles. The predicted molar refractivity (Wildman–Crippen MR) is 89.8 cm³/mol. The van der Waals surface area contributed by atoms with E-state index in [0.717, 1.165) is 25.7 Å². The van der Waals surface area contributed by atoms with E-state index >= 15 is 0 Å². The SMILES string of the molecule is O=C(NC1CCCCCC1)c1ccc(-c2ccccc2[N+](=O)[O-])o1. The van der Waals surface area contributed by atoms with Crippen LogP contribution in [0.15, 0.2) is 40.8 Å². The van der Waals surface area contributed by atoms with Crippen molar-refractivity contribution in [2.45, 2.75) is 44.6 Å². The van der Waals surface area contributed by atoms with Crippen molar-refractivity contribution in [1.29, 1.82) is 0 Å². The number of hydrogen-bond donors (Lipinski definition) is 1. The molecule has 126 valence electrons. The van der Waals surface area contributed by atoms with Gasteiger partial charge in [0.05, 0.1) is 10.5 Å². The highest BCUT2D eigenvalue weighted by molar-refractivity contribution is 5.92. The van der Waals surface area contributed by atoms with Gasteiger partial charge in [-0.1, -0.05) is 37.8 Å². The molecular weight excluding hydrogens is 308 g/mol. The number of para-hydroxylation sites is 1. The smallest absolute Gasteiger partial charge is 0.287 e. The van der Waals surface area contributed by atoms with E-state index in [2.05, 4.69) is 5.32 Å². The molecule has 0 spiro atoms. The zero-order chi connectivity index (χ0) is 16.9. The lowest BCUT2D eigenvalue weighted by Gasteiger charge is -2.14. The molecule has 0 unspecified atom stereocenters. The monoisotopic (exact) mass is 328 g/mol. The topological polar surface area (TPSA) is 85.4 Å². The second kappa shape index (κ2) is 7.29. The number of carbonyl (C=O) groups is 1. The molecular formula is C18H20N2O4. The van der Waals surface area contributed by atoms with Gasteiger partial charge < -0.3 is 9.73 Å². The van der Waals surface area contributed by atoms with Crippen molar-refractivity contribution < 1.29 is 14.1 Å². The molecule has 3 rings (SSSR count). The summed E-state index contributed by atoms with van der Waals surface area (Å²) in [6, 6.07) is 9.69. The van der Waals surface area contributed by atoms with Gasteiger partial charge in [0.1, 0.15) is 5.76 Å². The van der Waals surface area contributed by atoms with Crippen LogP contribution in [0.3, 0.4) is 0 Å². The quantitative estimate of drug-likeness (QED) is 0.515. The van der Waals surface area contributed by atoms with E-state index in [1.807, 2.05) is 0 Å². The molecule has 1 aliphatic rings. The van der Waals surface area contributed by atoms with Gasteiger partial charge in [-0.05, 0) is 31.0 Å². The fraction of sp³-hybridized carbons (Fsp3) is 0.389. The number of nitro benzene ring substituents is 1. The zero-order valence-corrected chi connectivity index (χ0v) is 13.4. The van der Waals surface area contributed by atoms with E-state index in [1.165, 1.54) is 18.9 Å². The van der Waals surface area contributed by atoms with Crippen LogP contribution in [-0.2, 0) is 0 Å². The molecule has 1 heterocycles. The summed E-state index contributed by atoms with van der Waals surface area (Å²) in [6.45, 7) is 0. The third-order valence-electron chi connectivity index (χ3n) is 4.39. The van der Waals surface area contributed by atoms with Gasteiger partial charge in [-0.3, -0.25) is 14.9 Å². The van der Waals surface area contributed by atoms with E-state index in [4.69, 9.17) is 4.42 Å². The molecule has 1 aliphatic carbocycles. The van der Waals surface area contributed by atoms with Gasteiger partial charge in [-0.2, -0.15) is 0 Å². The summed E-state index contributed by atoms with van der Waals surface area (Å²) in [5, 5.41) is 14.1. The number of benzene rings is 1. The van der Waals surface area contributed by atoms with Crippen LogP contribution in [-0.4, -0.2) is 16.9 Å². The molecule has 0 bridgehead atoms. The Morgan fingerprint density at radius 1 is 1.08 bits per heavy atom. The first-order valence-electron chi connectivity index (χ1n) is 8.29. The van der Waals surface area contributed by atoms with Gasteiger partial charge in [0, 0.05) is 12.1 Å². The Morgan fingerprint density at radius 3 is 2.50 bits per heavy atom. The van der Waals surface area contributed by atoms with Gasteiger partial charge in [0.2, 0.25) is 0 Å². The Kier molecular flexibility index (Phi) is 4.93. The van der Waals surface area contributed by atoms with Crippen molar-refractivity contribution in [3.63, 3.8) is 0 Å². The number of carbonyl (C=O) groups excluding carboxylic acids is 1. The largest absolute Gasteiger partial charge is 0.451 e. The molecule has 24 heavy (non-hydrogen) atoms. The summed E-state index contributed by atoms with van der Waals surface area (Å²) in [5.41, 5.74) is 0.332. The second-order valence-electron chi connectivity index (χ2n) is 6.10. The van der Waals surface area contributed by atoms with Crippen molar-refractivity contribution in [3.05, 3.63) is 52.3 Å². The van der Waals surface area contributed by atoms with Crippen LogP contribution >= 0.6 is 0 Å².